The van der Waals surface area contributed by atoms with E-state index in [2.05, 4.69) is 10.6 Å². The predicted molar refractivity (Wildman–Crippen MR) is 129 cm³/mol. The van der Waals surface area contributed by atoms with Crippen LogP contribution in [0.25, 0.3) is 0 Å². The summed E-state index contributed by atoms with van der Waals surface area (Å²) in [7, 11) is 1.25. The van der Waals surface area contributed by atoms with Crippen molar-refractivity contribution >= 4 is 18.0 Å². The number of benzene rings is 3. The van der Waals surface area contributed by atoms with Crippen molar-refractivity contribution in [3.8, 4) is 5.75 Å². The van der Waals surface area contributed by atoms with Gasteiger partial charge in [0.15, 0.2) is 0 Å². The van der Waals surface area contributed by atoms with Crippen LogP contribution in [0.4, 0.5) is 4.79 Å². The first-order valence-electron chi connectivity index (χ1n) is 11.1. The average molecular weight is 477 g/mol. The first-order valence-corrected chi connectivity index (χ1v) is 11.1. The molecular formula is C27H28N2O6. The van der Waals surface area contributed by atoms with Crippen LogP contribution in [0.5, 0.6) is 5.75 Å². The van der Waals surface area contributed by atoms with Gasteiger partial charge in [0, 0.05) is 12.8 Å². The molecule has 3 aromatic carbocycles. The predicted octanol–water partition coefficient (Wildman–Crippen LogP) is 3.13. The topological polar surface area (TPSA) is 114 Å². The van der Waals surface area contributed by atoms with Gasteiger partial charge >= 0.3 is 12.1 Å². The van der Waals surface area contributed by atoms with Crippen LogP contribution >= 0.6 is 0 Å². The number of carbonyl (C=O) groups is 3. The number of nitrogens with one attached hydrogen (secondary N) is 2. The summed E-state index contributed by atoms with van der Waals surface area (Å²) in [4.78, 5) is 38.1. The van der Waals surface area contributed by atoms with Crippen LogP contribution in [-0.2, 0) is 38.5 Å². The number of carbonyl (C=O) groups excluding carboxylic acids is 3. The van der Waals surface area contributed by atoms with Crippen LogP contribution in [0, 0.1) is 0 Å². The van der Waals surface area contributed by atoms with Crippen LogP contribution in [-0.4, -0.2) is 42.3 Å². The van der Waals surface area contributed by atoms with Gasteiger partial charge in [-0.3, -0.25) is 4.79 Å². The summed E-state index contributed by atoms with van der Waals surface area (Å²) in [5.41, 5.74) is 2.34. The van der Waals surface area contributed by atoms with Gasteiger partial charge in [0.2, 0.25) is 5.91 Å². The molecule has 0 aliphatic heterocycles. The fourth-order valence-electron chi connectivity index (χ4n) is 3.44. The third-order valence-electron chi connectivity index (χ3n) is 5.28. The molecule has 8 heteroatoms. The van der Waals surface area contributed by atoms with Gasteiger partial charge in [-0.1, -0.05) is 72.8 Å². The zero-order valence-corrected chi connectivity index (χ0v) is 19.3. The molecule has 0 radical (unpaired) electrons. The highest BCUT2D eigenvalue weighted by Gasteiger charge is 2.28. The smallest absolute Gasteiger partial charge is 0.408 e. The Morgan fingerprint density at radius 3 is 1.89 bits per heavy atom. The molecule has 0 heterocycles. The van der Waals surface area contributed by atoms with E-state index in [9.17, 15) is 19.5 Å². The first-order chi connectivity index (χ1) is 16.9. The molecule has 1 unspecified atom stereocenters. The van der Waals surface area contributed by atoms with Crippen molar-refractivity contribution in [2.75, 3.05) is 7.11 Å². The lowest BCUT2D eigenvalue weighted by Gasteiger charge is -2.22. The maximum Gasteiger partial charge on any atom is 0.408 e. The molecular weight excluding hydrogens is 448 g/mol. The van der Waals surface area contributed by atoms with E-state index in [0.29, 0.717) is 5.56 Å². The fraction of sp³-hybridized carbons (Fsp3) is 0.222. The summed E-state index contributed by atoms with van der Waals surface area (Å²) >= 11 is 0. The van der Waals surface area contributed by atoms with Gasteiger partial charge < -0.3 is 25.2 Å². The summed E-state index contributed by atoms with van der Waals surface area (Å²) in [5, 5.41) is 14.8. The van der Waals surface area contributed by atoms with Crippen molar-refractivity contribution in [2.24, 2.45) is 0 Å². The minimum absolute atomic E-state index is 0.0407. The number of hydrogen-bond donors (Lipinski definition) is 3. The lowest BCUT2D eigenvalue weighted by atomic mass is 10.0. The monoisotopic (exact) mass is 476 g/mol. The van der Waals surface area contributed by atoms with Crippen molar-refractivity contribution in [3.63, 3.8) is 0 Å². The van der Waals surface area contributed by atoms with E-state index < -0.39 is 30.1 Å². The molecule has 0 spiro atoms. The van der Waals surface area contributed by atoms with Crippen LogP contribution < -0.4 is 10.6 Å². The largest absolute Gasteiger partial charge is 0.508 e. The van der Waals surface area contributed by atoms with Crippen LogP contribution in [0.15, 0.2) is 84.9 Å². The molecule has 182 valence electrons. The van der Waals surface area contributed by atoms with Gasteiger partial charge in [-0.2, -0.15) is 0 Å². The van der Waals surface area contributed by atoms with Gasteiger partial charge in [0.25, 0.3) is 0 Å². The number of phenols is 1. The Morgan fingerprint density at radius 1 is 0.743 bits per heavy atom. The number of phenolic OH excluding ortho intramolecular Hbond substituents is 1. The molecule has 3 aromatic rings. The maximum atomic E-state index is 13.2. The molecule has 2 atom stereocenters. The number of esters is 1. The van der Waals surface area contributed by atoms with Gasteiger partial charge in [0.05, 0.1) is 7.11 Å². The summed E-state index contributed by atoms with van der Waals surface area (Å²) in [6, 6.07) is 22.7. The minimum atomic E-state index is -1.04. The van der Waals surface area contributed by atoms with E-state index in [1.165, 1.54) is 19.2 Å². The number of methoxy groups -OCH3 is 1. The molecule has 2 amide bonds. The van der Waals surface area contributed by atoms with Crippen LogP contribution in [0.3, 0.4) is 0 Å². The number of ether oxygens (including phenoxy) is 2. The lowest BCUT2D eigenvalue weighted by molar-refractivity contribution is -0.145. The highest BCUT2D eigenvalue weighted by atomic mass is 16.5. The van der Waals surface area contributed by atoms with Crippen LogP contribution in [0.2, 0.25) is 0 Å². The number of rotatable bonds is 10. The molecule has 0 fully saturated rings. The Kier molecular flexibility index (Phi) is 9.24. The van der Waals surface area contributed by atoms with Crippen molar-refractivity contribution in [3.05, 3.63) is 102 Å². The Labute approximate surface area is 203 Å². The molecule has 0 aromatic heterocycles. The zero-order chi connectivity index (χ0) is 25.0. The van der Waals surface area contributed by atoms with Gasteiger partial charge in [-0.05, 0) is 28.8 Å². The summed E-state index contributed by atoms with van der Waals surface area (Å²) in [6.07, 6.45) is -0.430. The van der Waals surface area contributed by atoms with Crippen molar-refractivity contribution in [1.29, 1.82) is 0 Å². The standard InChI is InChI=1S/C27H28N2O6/c1-34-26(32)24(17-19-8-4-2-5-9-19)28-25(31)23(16-20-12-14-22(30)15-13-20)29-27(33)35-18-21-10-6-3-7-11-21/h2-15,23-24,30H,16-18H2,1H3,(H,28,31)(H,29,33)/t23?,24-/m0/s1. The Balaban J connectivity index is 1.72. The SMILES string of the molecule is COC(=O)[C@H](Cc1ccccc1)NC(=O)C(Cc1ccc(O)cc1)NC(=O)OCc1ccccc1. The zero-order valence-electron chi connectivity index (χ0n) is 19.3. The maximum absolute atomic E-state index is 13.2. The van der Waals surface area contributed by atoms with Gasteiger partial charge in [0.1, 0.15) is 24.4 Å². The quantitative estimate of drug-likeness (QED) is 0.388. The Morgan fingerprint density at radius 2 is 1.29 bits per heavy atom. The minimum Gasteiger partial charge on any atom is -0.508 e. The number of alkyl carbamates (subject to hydrolysis) is 1. The molecule has 3 rings (SSSR count). The van der Waals surface area contributed by atoms with E-state index in [4.69, 9.17) is 9.47 Å². The number of amides is 2. The summed E-state index contributed by atoms with van der Waals surface area (Å²) < 4.78 is 10.1. The second kappa shape index (κ2) is 12.8. The van der Waals surface area contributed by atoms with E-state index in [1.807, 2.05) is 60.7 Å². The normalized spacial score (nSPS) is 12.1. The number of aromatic hydroxyl groups is 1. The summed E-state index contributed by atoms with van der Waals surface area (Å²) in [5.74, 6) is -1.09. The lowest BCUT2D eigenvalue weighted by Crippen LogP contribution is -2.53. The average Bonchev–Trinajstić information content (AvgIpc) is 2.88. The van der Waals surface area contributed by atoms with E-state index in [0.717, 1.165) is 11.1 Å². The first kappa shape index (κ1) is 25.3. The van der Waals surface area contributed by atoms with Crippen molar-refractivity contribution in [1.82, 2.24) is 10.6 Å². The second-order valence-electron chi connectivity index (χ2n) is 7.90. The highest BCUT2D eigenvalue weighted by Crippen LogP contribution is 2.12. The molecule has 0 aliphatic rings. The van der Waals surface area contributed by atoms with Crippen molar-refractivity contribution in [2.45, 2.75) is 31.5 Å². The fourth-order valence-corrected chi connectivity index (χ4v) is 3.44. The Bertz CT molecular complexity index is 1100. The highest BCUT2D eigenvalue weighted by molar-refractivity contribution is 5.90. The molecule has 8 nitrogen and oxygen atoms in total. The van der Waals surface area contributed by atoms with E-state index in [1.54, 1.807) is 12.1 Å². The third-order valence-corrected chi connectivity index (χ3v) is 5.28. The van der Waals surface area contributed by atoms with E-state index in [-0.39, 0.29) is 25.2 Å². The number of hydrogen-bond acceptors (Lipinski definition) is 6. The molecule has 0 aliphatic carbocycles. The van der Waals surface area contributed by atoms with E-state index >= 15 is 0 Å². The molecule has 0 saturated carbocycles. The molecule has 0 saturated heterocycles. The molecule has 3 N–H and O–H groups in total. The third kappa shape index (κ3) is 8.19. The second-order valence-corrected chi connectivity index (χ2v) is 7.90. The summed E-state index contributed by atoms with van der Waals surface area (Å²) in [6.45, 7) is 0.0407. The van der Waals surface area contributed by atoms with Crippen LogP contribution in [0.1, 0.15) is 16.7 Å². The Hall–Kier alpha value is -4.33. The van der Waals surface area contributed by atoms with Crippen molar-refractivity contribution < 1.29 is 29.0 Å². The molecule has 35 heavy (non-hydrogen) atoms. The molecule has 0 bridgehead atoms. The van der Waals surface area contributed by atoms with Gasteiger partial charge in [-0.15, -0.1) is 0 Å². The van der Waals surface area contributed by atoms with Gasteiger partial charge in [-0.25, -0.2) is 9.59 Å².